The van der Waals surface area contributed by atoms with Gasteiger partial charge in [-0.15, -0.1) is 5.06 Å². The molecule has 1 aliphatic rings. The minimum Gasteiger partial charge on any atom is -0.360 e. The van der Waals surface area contributed by atoms with Gasteiger partial charge >= 0.3 is 18.3 Å². The molecule has 3 nitrogen and oxygen atoms in total. The first-order valence-corrected chi connectivity index (χ1v) is 3.91. The molecule has 0 aromatic carbocycles. The van der Waals surface area contributed by atoms with Gasteiger partial charge in [0.2, 0.25) is 0 Å². The molecule has 0 aromatic rings. The number of hydroxylamine groups is 2. The number of alkyl halides is 6. The number of hydrogen-bond acceptors (Lipinski definition) is 3. The number of halogens is 6. The Morgan fingerprint density at radius 1 is 1.25 bits per heavy atom. The predicted molar refractivity (Wildman–Crippen MR) is 37.9 cm³/mol. The maximum absolute atomic E-state index is 12.0. The zero-order chi connectivity index (χ0) is 12.6. The lowest BCUT2D eigenvalue weighted by atomic mass is 10.3. The molecule has 0 fully saturated rings. The molecular weight excluding hydrogens is 244 g/mol. The summed E-state index contributed by atoms with van der Waals surface area (Å²) in [5.41, 5.74) is -1.04. The Bertz CT molecular complexity index is 318. The lowest BCUT2D eigenvalue weighted by molar-refractivity contribution is -0.235. The van der Waals surface area contributed by atoms with Crippen molar-refractivity contribution in [1.29, 1.82) is 0 Å². The Hall–Kier alpha value is -1.25. The van der Waals surface area contributed by atoms with Crippen molar-refractivity contribution in [2.45, 2.75) is 12.4 Å². The molecule has 92 valence electrons. The number of carbonyl (C=O) groups excluding carboxylic acids is 1. The van der Waals surface area contributed by atoms with Crippen molar-refractivity contribution in [2.24, 2.45) is 0 Å². The van der Waals surface area contributed by atoms with Crippen molar-refractivity contribution in [3.05, 3.63) is 11.6 Å². The Morgan fingerprint density at radius 2 is 1.81 bits per heavy atom. The van der Waals surface area contributed by atoms with Crippen LogP contribution in [0, 0.1) is 0 Å². The van der Waals surface area contributed by atoms with E-state index >= 15 is 0 Å². The maximum atomic E-state index is 12.0. The Kier molecular flexibility index (Phi) is 3.17. The topological polar surface area (TPSA) is 29.5 Å². The van der Waals surface area contributed by atoms with Crippen molar-refractivity contribution >= 4 is 5.97 Å². The van der Waals surface area contributed by atoms with Crippen LogP contribution in [-0.4, -0.2) is 36.5 Å². The van der Waals surface area contributed by atoms with Crippen LogP contribution in [0.4, 0.5) is 26.3 Å². The molecular formula is C7H5F6NO2. The second kappa shape index (κ2) is 3.96. The molecule has 0 amide bonds. The predicted octanol–water partition coefficient (Wildman–Crippen LogP) is 1.81. The molecule has 0 aromatic heterocycles. The van der Waals surface area contributed by atoms with Crippen molar-refractivity contribution in [2.75, 3.05) is 13.1 Å². The smallest absolute Gasteiger partial charge is 0.360 e. The van der Waals surface area contributed by atoms with Crippen molar-refractivity contribution in [1.82, 2.24) is 5.06 Å². The molecule has 0 bridgehead atoms. The highest BCUT2D eigenvalue weighted by molar-refractivity contribution is 5.75. The SMILES string of the molecule is O=C(ON1CC=C(C(F)(F)F)C1)C(F)(F)F. The van der Waals surface area contributed by atoms with Crippen LogP contribution in [0.3, 0.4) is 0 Å². The molecule has 16 heavy (non-hydrogen) atoms. The Balaban J connectivity index is 2.50. The van der Waals surface area contributed by atoms with E-state index < -0.39 is 37.0 Å². The molecule has 1 aliphatic heterocycles. The fraction of sp³-hybridized carbons (Fsp3) is 0.571. The molecule has 0 unspecified atom stereocenters. The van der Waals surface area contributed by atoms with E-state index in [1.165, 1.54) is 0 Å². The number of nitrogens with zero attached hydrogens (tertiary/aromatic N) is 1. The first-order valence-electron chi connectivity index (χ1n) is 3.91. The highest BCUT2D eigenvalue weighted by Gasteiger charge is 2.44. The molecule has 0 N–H and O–H groups in total. The van der Waals surface area contributed by atoms with Gasteiger partial charge in [0, 0.05) is 5.57 Å². The zero-order valence-electron chi connectivity index (χ0n) is 7.52. The van der Waals surface area contributed by atoms with Gasteiger partial charge in [0.05, 0.1) is 13.1 Å². The summed E-state index contributed by atoms with van der Waals surface area (Å²) in [6, 6.07) is 0. The molecule has 0 aliphatic carbocycles. The molecule has 9 heteroatoms. The van der Waals surface area contributed by atoms with Gasteiger partial charge in [0.25, 0.3) is 0 Å². The zero-order valence-corrected chi connectivity index (χ0v) is 7.52. The monoisotopic (exact) mass is 249 g/mol. The van der Waals surface area contributed by atoms with E-state index in [1.807, 2.05) is 0 Å². The van der Waals surface area contributed by atoms with Gasteiger partial charge in [0.1, 0.15) is 0 Å². The number of carbonyl (C=O) groups is 1. The quantitative estimate of drug-likeness (QED) is 0.524. The van der Waals surface area contributed by atoms with Gasteiger partial charge in [0.15, 0.2) is 0 Å². The summed E-state index contributed by atoms with van der Waals surface area (Å²) in [4.78, 5) is 14.0. The highest BCUT2D eigenvalue weighted by Crippen LogP contribution is 2.29. The Labute approximate surface area is 85.2 Å². The van der Waals surface area contributed by atoms with Crippen molar-refractivity contribution in [3.8, 4) is 0 Å². The Morgan fingerprint density at radius 3 is 2.19 bits per heavy atom. The molecule has 0 spiro atoms. The summed E-state index contributed by atoms with van der Waals surface area (Å²) >= 11 is 0. The summed E-state index contributed by atoms with van der Waals surface area (Å²) in [6.07, 6.45) is -9.19. The van der Waals surface area contributed by atoms with E-state index in [-0.39, 0.29) is 0 Å². The largest absolute Gasteiger partial charge is 0.492 e. The van der Waals surface area contributed by atoms with Crippen LogP contribution in [0.25, 0.3) is 0 Å². The molecule has 0 saturated carbocycles. The second-order valence-electron chi connectivity index (χ2n) is 2.93. The second-order valence-corrected chi connectivity index (χ2v) is 2.93. The standard InChI is InChI=1S/C7H5F6NO2/c8-6(9,10)4-1-2-14(3-4)16-5(15)7(11,12)13/h1H,2-3H2. The van der Waals surface area contributed by atoms with Crippen LogP contribution >= 0.6 is 0 Å². The van der Waals surface area contributed by atoms with Gasteiger partial charge in [-0.25, -0.2) is 4.79 Å². The van der Waals surface area contributed by atoms with E-state index in [0.29, 0.717) is 11.1 Å². The van der Waals surface area contributed by atoms with Crippen LogP contribution in [0.15, 0.2) is 11.6 Å². The fourth-order valence-electron chi connectivity index (χ4n) is 0.975. The van der Waals surface area contributed by atoms with E-state index in [2.05, 4.69) is 4.84 Å². The van der Waals surface area contributed by atoms with Crippen LogP contribution in [0.1, 0.15) is 0 Å². The highest BCUT2D eigenvalue weighted by atomic mass is 19.4. The fourth-order valence-corrected chi connectivity index (χ4v) is 0.975. The average molecular weight is 249 g/mol. The summed E-state index contributed by atoms with van der Waals surface area (Å²) in [6.45, 7) is -1.41. The first-order chi connectivity index (χ1) is 7.10. The number of hydrogen-bond donors (Lipinski definition) is 0. The molecule has 1 heterocycles. The lowest BCUT2D eigenvalue weighted by Crippen LogP contribution is -2.34. The van der Waals surface area contributed by atoms with Crippen LogP contribution < -0.4 is 0 Å². The maximum Gasteiger partial charge on any atom is 0.492 e. The van der Waals surface area contributed by atoms with Crippen molar-refractivity contribution in [3.63, 3.8) is 0 Å². The summed E-state index contributed by atoms with van der Waals surface area (Å²) in [5.74, 6) is -2.54. The third-order valence-corrected chi connectivity index (χ3v) is 1.70. The minimum absolute atomic E-state index is 0.290. The van der Waals surface area contributed by atoms with E-state index in [4.69, 9.17) is 0 Å². The van der Waals surface area contributed by atoms with Crippen LogP contribution in [-0.2, 0) is 9.63 Å². The summed E-state index contributed by atoms with van der Waals surface area (Å²) in [5, 5.41) is 0.290. The normalized spacial score (nSPS) is 18.5. The molecule has 1 rings (SSSR count). The van der Waals surface area contributed by atoms with Crippen LogP contribution in [0.5, 0.6) is 0 Å². The van der Waals surface area contributed by atoms with Gasteiger partial charge in [-0.1, -0.05) is 6.08 Å². The third kappa shape index (κ3) is 3.12. The lowest BCUT2D eigenvalue weighted by Gasteiger charge is -2.16. The molecule has 0 atom stereocenters. The van der Waals surface area contributed by atoms with Gasteiger partial charge < -0.3 is 4.84 Å². The van der Waals surface area contributed by atoms with E-state index in [9.17, 15) is 31.1 Å². The summed E-state index contributed by atoms with van der Waals surface area (Å²) < 4.78 is 71.2. The van der Waals surface area contributed by atoms with E-state index in [0.717, 1.165) is 0 Å². The third-order valence-electron chi connectivity index (χ3n) is 1.70. The van der Waals surface area contributed by atoms with Gasteiger partial charge in [-0.05, 0) is 0 Å². The summed E-state index contributed by atoms with van der Waals surface area (Å²) in [7, 11) is 0. The average Bonchev–Trinajstić information content (AvgIpc) is 2.49. The van der Waals surface area contributed by atoms with Gasteiger partial charge in [-0.2, -0.15) is 26.3 Å². The molecule has 0 saturated heterocycles. The van der Waals surface area contributed by atoms with E-state index in [1.54, 1.807) is 0 Å². The first kappa shape index (κ1) is 12.8. The minimum atomic E-state index is -5.22. The van der Waals surface area contributed by atoms with Gasteiger partial charge in [-0.3, -0.25) is 0 Å². The van der Waals surface area contributed by atoms with Crippen molar-refractivity contribution < 1.29 is 36.0 Å². The van der Waals surface area contributed by atoms with Crippen LogP contribution in [0.2, 0.25) is 0 Å². The molecule has 0 radical (unpaired) electrons. The number of rotatable bonds is 1.